The molecule has 3 aromatic heterocycles. The smallest absolute Gasteiger partial charge is 0.224 e. The molecule has 3 heterocycles. The number of aromatic amines is 1. The van der Waals surface area contributed by atoms with Crippen molar-refractivity contribution in [3.8, 4) is 5.82 Å². The summed E-state index contributed by atoms with van der Waals surface area (Å²) in [6.07, 6.45) is 4.77. The van der Waals surface area contributed by atoms with Crippen LogP contribution in [0.3, 0.4) is 0 Å². The van der Waals surface area contributed by atoms with E-state index >= 15 is 0 Å². The third-order valence-corrected chi connectivity index (χ3v) is 2.27. The first-order chi connectivity index (χ1) is 7.74. The number of H-pyrrole nitrogens is 1. The summed E-state index contributed by atoms with van der Waals surface area (Å²) in [5.41, 5.74) is 6.15. The molecule has 0 aliphatic rings. The molecular formula is C8H6ClN7. The van der Waals surface area contributed by atoms with E-state index in [9.17, 15) is 0 Å². The SMILES string of the molecule is Nc1nc(-n2cc(Cl)cn2)c2cn[nH]c2n1. The fourth-order valence-corrected chi connectivity index (χ4v) is 1.56. The number of fused-ring (bicyclic) bond motifs is 1. The summed E-state index contributed by atoms with van der Waals surface area (Å²) in [6, 6.07) is 0. The Labute approximate surface area is 94.3 Å². The molecule has 16 heavy (non-hydrogen) atoms. The number of anilines is 1. The van der Waals surface area contributed by atoms with E-state index in [4.69, 9.17) is 17.3 Å². The first-order valence-corrected chi connectivity index (χ1v) is 4.79. The van der Waals surface area contributed by atoms with Crippen LogP contribution in [0, 0.1) is 0 Å². The molecule has 0 aliphatic carbocycles. The van der Waals surface area contributed by atoms with Crippen LogP contribution >= 0.6 is 11.6 Å². The Morgan fingerprint density at radius 1 is 1.31 bits per heavy atom. The van der Waals surface area contributed by atoms with Crippen LogP contribution < -0.4 is 5.73 Å². The second kappa shape index (κ2) is 3.17. The largest absolute Gasteiger partial charge is 0.368 e. The Bertz CT molecular complexity index is 655. The van der Waals surface area contributed by atoms with Gasteiger partial charge < -0.3 is 5.73 Å². The van der Waals surface area contributed by atoms with Crippen molar-refractivity contribution >= 4 is 28.6 Å². The molecule has 0 unspecified atom stereocenters. The van der Waals surface area contributed by atoms with Crippen LogP contribution in [0.25, 0.3) is 16.9 Å². The van der Waals surface area contributed by atoms with Gasteiger partial charge in [-0.2, -0.15) is 20.2 Å². The molecule has 80 valence electrons. The van der Waals surface area contributed by atoms with Crippen LogP contribution in [0.4, 0.5) is 5.95 Å². The minimum atomic E-state index is 0.151. The average molecular weight is 236 g/mol. The van der Waals surface area contributed by atoms with Gasteiger partial charge in [0.05, 0.1) is 29.0 Å². The van der Waals surface area contributed by atoms with Gasteiger partial charge in [0.15, 0.2) is 11.5 Å². The van der Waals surface area contributed by atoms with Crippen molar-refractivity contribution in [2.45, 2.75) is 0 Å². The maximum atomic E-state index is 5.79. The predicted molar refractivity (Wildman–Crippen MR) is 58.2 cm³/mol. The minimum absolute atomic E-state index is 0.151. The molecule has 0 spiro atoms. The van der Waals surface area contributed by atoms with Gasteiger partial charge in [0, 0.05) is 0 Å². The highest BCUT2D eigenvalue weighted by atomic mass is 35.5. The summed E-state index contributed by atoms with van der Waals surface area (Å²) >= 11 is 5.79. The van der Waals surface area contributed by atoms with Gasteiger partial charge in [-0.1, -0.05) is 11.6 Å². The monoisotopic (exact) mass is 235 g/mol. The Kier molecular flexibility index (Phi) is 1.80. The Balaban J connectivity index is 2.33. The number of nitrogens with one attached hydrogen (secondary N) is 1. The number of nitrogen functional groups attached to an aromatic ring is 1. The molecule has 3 N–H and O–H groups in total. The molecular weight excluding hydrogens is 230 g/mol. The van der Waals surface area contributed by atoms with Crippen LogP contribution in [0.5, 0.6) is 0 Å². The molecule has 3 aromatic rings. The maximum Gasteiger partial charge on any atom is 0.224 e. The fourth-order valence-electron chi connectivity index (χ4n) is 1.43. The van der Waals surface area contributed by atoms with E-state index in [1.165, 1.54) is 10.9 Å². The Morgan fingerprint density at radius 2 is 2.19 bits per heavy atom. The molecule has 0 aromatic carbocycles. The lowest BCUT2D eigenvalue weighted by molar-refractivity contribution is 0.853. The molecule has 0 saturated heterocycles. The summed E-state index contributed by atoms with van der Waals surface area (Å²) in [4.78, 5) is 8.11. The third-order valence-electron chi connectivity index (χ3n) is 2.08. The van der Waals surface area contributed by atoms with E-state index in [-0.39, 0.29) is 5.95 Å². The highest BCUT2D eigenvalue weighted by Crippen LogP contribution is 2.18. The van der Waals surface area contributed by atoms with Crippen molar-refractivity contribution in [3.05, 3.63) is 23.6 Å². The first-order valence-electron chi connectivity index (χ1n) is 4.41. The standard InChI is InChI=1S/C8H6ClN7/c9-4-1-12-16(3-4)7-5-2-11-15-6(5)13-8(10)14-7/h1-3H,(H3,10,11,13,14,15). The van der Waals surface area contributed by atoms with E-state index in [2.05, 4.69) is 25.3 Å². The maximum absolute atomic E-state index is 5.79. The lowest BCUT2D eigenvalue weighted by atomic mass is 10.4. The van der Waals surface area contributed by atoms with Crippen LogP contribution in [-0.2, 0) is 0 Å². The molecule has 8 heteroatoms. The number of halogens is 1. The van der Waals surface area contributed by atoms with Gasteiger partial charge in [-0.05, 0) is 0 Å². The van der Waals surface area contributed by atoms with Gasteiger partial charge in [-0.3, -0.25) is 5.10 Å². The molecule has 0 saturated carbocycles. The van der Waals surface area contributed by atoms with Gasteiger partial charge >= 0.3 is 0 Å². The molecule has 0 radical (unpaired) electrons. The number of hydrogen-bond acceptors (Lipinski definition) is 5. The molecule has 7 nitrogen and oxygen atoms in total. The molecule has 0 atom stereocenters. The van der Waals surface area contributed by atoms with E-state index in [1.54, 1.807) is 12.4 Å². The van der Waals surface area contributed by atoms with E-state index in [1.807, 2.05) is 0 Å². The van der Waals surface area contributed by atoms with Gasteiger partial charge in [0.2, 0.25) is 5.95 Å². The zero-order valence-electron chi connectivity index (χ0n) is 7.92. The first kappa shape index (κ1) is 9.10. The number of nitrogens with zero attached hydrogens (tertiary/aromatic N) is 5. The second-order valence-corrected chi connectivity index (χ2v) is 3.58. The quantitative estimate of drug-likeness (QED) is 0.649. The van der Waals surface area contributed by atoms with Crippen LogP contribution in [0.15, 0.2) is 18.6 Å². The minimum Gasteiger partial charge on any atom is -0.368 e. The molecule has 0 amide bonds. The van der Waals surface area contributed by atoms with Crippen molar-refractivity contribution in [2.24, 2.45) is 0 Å². The summed E-state index contributed by atoms with van der Waals surface area (Å²) in [5, 5.41) is 11.9. The van der Waals surface area contributed by atoms with Crippen molar-refractivity contribution in [1.82, 2.24) is 29.9 Å². The van der Waals surface area contributed by atoms with Crippen molar-refractivity contribution < 1.29 is 0 Å². The van der Waals surface area contributed by atoms with Crippen molar-refractivity contribution in [3.63, 3.8) is 0 Å². The van der Waals surface area contributed by atoms with Gasteiger partial charge in [0.25, 0.3) is 0 Å². The summed E-state index contributed by atoms with van der Waals surface area (Å²) < 4.78 is 1.53. The summed E-state index contributed by atoms with van der Waals surface area (Å²) in [6.45, 7) is 0. The lowest BCUT2D eigenvalue weighted by Crippen LogP contribution is -2.03. The molecule has 0 fully saturated rings. The number of aromatic nitrogens is 6. The van der Waals surface area contributed by atoms with E-state index in [0.717, 1.165) is 5.39 Å². The van der Waals surface area contributed by atoms with Gasteiger partial charge in [0.1, 0.15) is 0 Å². The molecule has 0 aliphatic heterocycles. The molecule has 3 rings (SSSR count). The summed E-state index contributed by atoms with van der Waals surface area (Å²) in [5.74, 6) is 0.696. The fraction of sp³-hybridized carbons (Fsp3) is 0. The highest BCUT2D eigenvalue weighted by Gasteiger charge is 2.10. The summed E-state index contributed by atoms with van der Waals surface area (Å²) in [7, 11) is 0. The van der Waals surface area contributed by atoms with Crippen LogP contribution in [0.1, 0.15) is 0 Å². The zero-order valence-corrected chi connectivity index (χ0v) is 8.68. The zero-order chi connectivity index (χ0) is 11.1. The van der Waals surface area contributed by atoms with E-state index in [0.29, 0.717) is 16.5 Å². The predicted octanol–water partition coefficient (Wildman–Crippen LogP) is 0.774. The number of rotatable bonds is 1. The Hall–Kier alpha value is -2.15. The topological polar surface area (TPSA) is 98.3 Å². The van der Waals surface area contributed by atoms with E-state index < -0.39 is 0 Å². The average Bonchev–Trinajstić information content (AvgIpc) is 2.84. The highest BCUT2D eigenvalue weighted by molar-refractivity contribution is 6.30. The van der Waals surface area contributed by atoms with Crippen molar-refractivity contribution in [2.75, 3.05) is 5.73 Å². The normalized spacial score (nSPS) is 11.1. The lowest BCUT2D eigenvalue weighted by Gasteiger charge is -2.01. The molecule has 0 bridgehead atoms. The van der Waals surface area contributed by atoms with Crippen LogP contribution in [0.2, 0.25) is 5.02 Å². The van der Waals surface area contributed by atoms with Crippen molar-refractivity contribution in [1.29, 1.82) is 0 Å². The number of hydrogen-bond donors (Lipinski definition) is 2. The Morgan fingerprint density at radius 3 is 2.94 bits per heavy atom. The van der Waals surface area contributed by atoms with Gasteiger partial charge in [-0.25, -0.2) is 4.68 Å². The van der Waals surface area contributed by atoms with Gasteiger partial charge in [-0.15, -0.1) is 0 Å². The van der Waals surface area contributed by atoms with Crippen LogP contribution in [-0.4, -0.2) is 29.9 Å². The third kappa shape index (κ3) is 1.29. The number of nitrogens with two attached hydrogens (primary N) is 1. The second-order valence-electron chi connectivity index (χ2n) is 3.14.